The van der Waals surface area contributed by atoms with E-state index in [9.17, 15) is 9.59 Å². The SMILES string of the molecule is COCCNC(=O)CSc1nnc(N2CCN(C(=O)COc3ccccc3)CC2)s1. The summed E-state index contributed by atoms with van der Waals surface area (Å²) in [5, 5.41) is 12.0. The van der Waals surface area contributed by atoms with Crippen LogP contribution in [-0.2, 0) is 14.3 Å². The lowest BCUT2D eigenvalue weighted by Crippen LogP contribution is -2.50. The van der Waals surface area contributed by atoms with Gasteiger partial charge in [0.05, 0.1) is 12.4 Å². The zero-order chi connectivity index (χ0) is 21.2. The van der Waals surface area contributed by atoms with Crippen LogP contribution in [0.3, 0.4) is 0 Å². The lowest BCUT2D eigenvalue weighted by Gasteiger charge is -2.34. The molecule has 1 aromatic heterocycles. The second-order valence-corrected chi connectivity index (χ2v) is 8.63. The molecule has 2 heterocycles. The highest BCUT2D eigenvalue weighted by Crippen LogP contribution is 2.28. The quantitative estimate of drug-likeness (QED) is 0.424. The molecule has 1 aliphatic heterocycles. The van der Waals surface area contributed by atoms with Crippen molar-refractivity contribution < 1.29 is 19.1 Å². The molecule has 1 aromatic carbocycles. The van der Waals surface area contributed by atoms with E-state index in [0.29, 0.717) is 50.8 Å². The maximum Gasteiger partial charge on any atom is 0.260 e. The van der Waals surface area contributed by atoms with Gasteiger partial charge >= 0.3 is 0 Å². The van der Waals surface area contributed by atoms with Gasteiger partial charge in [0, 0.05) is 39.8 Å². The molecule has 1 N–H and O–H groups in total. The molecular formula is C19H25N5O4S2. The van der Waals surface area contributed by atoms with E-state index in [1.54, 1.807) is 12.0 Å². The van der Waals surface area contributed by atoms with Gasteiger partial charge < -0.3 is 24.6 Å². The summed E-state index contributed by atoms with van der Waals surface area (Å²) in [6.45, 7) is 3.63. The third-order valence-corrected chi connectivity index (χ3v) is 6.48. The Kier molecular flexibility index (Phi) is 8.72. The standard InChI is InChI=1S/C19H25N5O4S2/c1-27-12-7-20-16(25)14-29-19-22-21-18(30-19)24-10-8-23(9-11-24)17(26)13-28-15-5-3-2-4-6-15/h2-6H,7-14H2,1H3,(H,20,25). The van der Waals surface area contributed by atoms with E-state index < -0.39 is 0 Å². The predicted molar refractivity (Wildman–Crippen MR) is 116 cm³/mol. The van der Waals surface area contributed by atoms with Crippen LogP contribution in [0.2, 0.25) is 0 Å². The first-order valence-corrected chi connectivity index (χ1v) is 11.4. The fourth-order valence-corrected chi connectivity index (χ4v) is 4.48. The molecule has 2 aromatic rings. The Morgan fingerprint density at radius 3 is 2.67 bits per heavy atom. The van der Waals surface area contributed by atoms with E-state index in [4.69, 9.17) is 9.47 Å². The highest BCUT2D eigenvalue weighted by atomic mass is 32.2. The smallest absolute Gasteiger partial charge is 0.260 e. The summed E-state index contributed by atoms with van der Waals surface area (Å²) < 4.78 is 11.2. The van der Waals surface area contributed by atoms with Gasteiger partial charge in [0.25, 0.3) is 5.91 Å². The first-order chi connectivity index (χ1) is 14.7. The van der Waals surface area contributed by atoms with Crippen LogP contribution < -0.4 is 15.0 Å². The van der Waals surface area contributed by atoms with Crippen LogP contribution in [0.5, 0.6) is 5.75 Å². The zero-order valence-corrected chi connectivity index (χ0v) is 18.4. The summed E-state index contributed by atoms with van der Waals surface area (Å²) in [5.41, 5.74) is 0. The number of amides is 2. The number of piperazine rings is 1. The molecule has 0 aliphatic carbocycles. The van der Waals surface area contributed by atoms with E-state index in [2.05, 4.69) is 20.4 Å². The van der Waals surface area contributed by atoms with Crippen molar-refractivity contribution in [1.82, 2.24) is 20.4 Å². The molecule has 1 fully saturated rings. The highest BCUT2D eigenvalue weighted by Gasteiger charge is 2.23. The number of hydrogen-bond donors (Lipinski definition) is 1. The number of thioether (sulfide) groups is 1. The van der Waals surface area contributed by atoms with Gasteiger partial charge in [-0.3, -0.25) is 9.59 Å². The number of ether oxygens (including phenoxy) is 2. The minimum Gasteiger partial charge on any atom is -0.484 e. The number of nitrogens with zero attached hydrogens (tertiary/aromatic N) is 4. The number of para-hydroxylation sites is 1. The topological polar surface area (TPSA) is 96.9 Å². The largest absolute Gasteiger partial charge is 0.484 e. The zero-order valence-electron chi connectivity index (χ0n) is 16.8. The average molecular weight is 452 g/mol. The lowest BCUT2D eigenvalue weighted by atomic mass is 10.3. The van der Waals surface area contributed by atoms with Gasteiger partial charge in [0.15, 0.2) is 10.9 Å². The Bertz CT molecular complexity index is 812. The molecule has 0 radical (unpaired) electrons. The number of aromatic nitrogens is 2. The van der Waals surface area contributed by atoms with E-state index >= 15 is 0 Å². The summed E-state index contributed by atoms with van der Waals surface area (Å²) >= 11 is 2.83. The second-order valence-electron chi connectivity index (χ2n) is 6.45. The van der Waals surface area contributed by atoms with Crippen LogP contribution in [0.25, 0.3) is 0 Å². The van der Waals surface area contributed by atoms with Gasteiger partial charge in [-0.05, 0) is 12.1 Å². The molecule has 0 unspecified atom stereocenters. The Morgan fingerprint density at radius 2 is 1.93 bits per heavy atom. The molecular weight excluding hydrogens is 426 g/mol. The molecule has 3 rings (SSSR count). The molecule has 0 atom stereocenters. The molecule has 1 aliphatic rings. The van der Waals surface area contributed by atoms with Crippen molar-refractivity contribution in [3.05, 3.63) is 30.3 Å². The van der Waals surface area contributed by atoms with Crippen LogP contribution in [0.4, 0.5) is 5.13 Å². The van der Waals surface area contributed by atoms with E-state index in [0.717, 1.165) is 9.47 Å². The van der Waals surface area contributed by atoms with Crippen LogP contribution in [0, 0.1) is 0 Å². The first-order valence-electron chi connectivity index (χ1n) is 9.58. The normalized spacial score (nSPS) is 13.9. The number of carbonyl (C=O) groups is 2. The number of nitrogens with one attached hydrogen (secondary N) is 1. The number of carbonyl (C=O) groups excluding carboxylic acids is 2. The van der Waals surface area contributed by atoms with E-state index in [1.807, 2.05) is 30.3 Å². The van der Waals surface area contributed by atoms with Crippen molar-refractivity contribution in [3.8, 4) is 5.75 Å². The van der Waals surface area contributed by atoms with E-state index in [-0.39, 0.29) is 18.4 Å². The Morgan fingerprint density at radius 1 is 1.17 bits per heavy atom. The van der Waals surface area contributed by atoms with Gasteiger partial charge in [-0.15, -0.1) is 10.2 Å². The Labute approximate surface area is 183 Å². The van der Waals surface area contributed by atoms with E-state index in [1.165, 1.54) is 23.1 Å². The molecule has 2 amide bonds. The van der Waals surface area contributed by atoms with Gasteiger partial charge in [-0.2, -0.15) is 0 Å². The van der Waals surface area contributed by atoms with Crippen LogP contribution >= 0.6 is 23.1 Å². The van der Waals surface area contributed by atoms with Crippen molar-refractivity contribution in [2.24, 2.45) is 0 Å². The molecule has 0 saturated carbocycles. The van der Waals surface area contributed by atoms with Crippen molar-refractivity contribution in [3.63, 3.8) is 0 Å². The van der Waals surface area contributed by atoms with Gasteiger partial charge in [0.1, 0.15) is 5.75 Å². The van der Waals surface area contributed by atoms with Crippen molar-refractivity contribution in [2.45, 2.75) is 4.34 Å². The second kappa shape index (κ2) is 11.7. The van der Waals surface area contributed by atoms with Crippen LogP contribution in [0.1, 0.15) is 0 Å². The monoisotopic (exact) mass is 451 g/mol. The molecule has 11 heteroatoms. The fraction of sp³-hybridized carbons (Fsp3) is 0.474. The number of anilines is 1. The summed E-state index contributed by atoms with van der Waals surface area (Å²) in [7, 11) is 1.60. The van der Waals surface area contributed by atoms with Crippen LogP contribution in [-0.4, -0.2) is 85.7 Å². The Hall–Kier alpha value is -2.37. The third-order valence-electron chi connectivity index (χ3n) is 4.36. The summed E-state index contributed by atoms with van der Waals surface area (Å²) in [5.74, 6) is 0.906. The maximum absolute atomic E-state index is 12.4. The molecule has 0 spiro atoms. The molecule has 30 heavy (non-hydrogen) atoms. The summed E-state index contributed by atoms with van der Waals surface area (Å²) in [6.07, 6.45) is 0. The van der Waals surface area contributed by atoms with Gasteiger partial charge in [-0.25, -0.2) is 0 Å². The number of benzene rings is 1. The first kappa shape index (κ1) is 22.3. The predicted octanol–water partition coefficient (Wildman–Crippen LogP) is 1.12. The molecule has 162 valence electrons. The van der Waals surface area contributed by atoms with Crippen molar-refractivity contribution >= 4 is 40.0 Å². The lowest BCUT2D eigenvalue weighted by molar-refractivity contribution is -0.133. The summed E-state index contributed by atoms with van der Waals surface area (Å²) in [6, 6.07) is 9.32. The number of rotatable bonds is 10. The fourth-order valence-electron chi connectivity index (χ4n) is 2.76. The Balaban J connectivity index is 1.38. The number of hydrogen-bond acceptors (Lipinski definition) is 9. The number of methoxy groups -OCH3 is 1. The highest BCUT2D eigenvalue weighted by molar-refractivity contribution is 8.01. The molecule has 9 nitrogen and oxygen atoms in total. The molecule has 0 bridgehead atoms. The van der Waals surface area contributed by atoms with Crippen molar-refractivity contribution in [1.29, 1.82) is 0 Å². The summed E-state index contributed by atoms with van der Waals surface area (Å²) in [4.78, 5) is 28.0. The minimum absolute atomic E-state index is 0.0218. The maximum atomic E-state index is 12.4. The third kappa shape index (κ3) is 6.85. The van der Waals surface area contributed by atoms with Crippen molar-refractivity contribution in [2.75, 3.05) is 63.7 Å². The van der Waals surface area contributed by atoms with Crippen LogP contribution in [0.15, 0.2) is 34.7 Å². The molecule has 1 saturated heterocycles. The average Bonchev–Trinajstić information content (AvgIpc) is 3.26. The van der Waals surface area contributed by atoms with Gasteiger partial charge in [-0.1, -0.05) is 41.3 Å². The minimum atomic E-state index is -0.0568. The van der Waals surface area contributed by atoms with Gasteiger partial charge in [0.2, 0.25) is 11.0 Å².